The van der Waals surface area contributed by atoms with E-state index in [1.54, 1.807) is 31.2 Å². The van der Waals surface area contributed by atoms with Gasteiger partial charge in [0.05, 0.1) is 24.2 Å². The lowest BCUT2D eigenvalue weighted by molar-refractivity contribution is -0.385. The number of nitro groups is 1. The Morgan fingerprint density at radius 2 is 2.00 bits per heavy atom. The highest BCUT2D eigenvalue weighted by Gasteiger charge is 2.10. The lowest BCUT2D eigenvalue weighted by Gasteiger charge is -2.04. The number of hydrogen-bond donors (Lipinski definition) is 1. The maximum Gasteiger partial charge on any atom is 0.272 e. The van der Waals surface area contributed by atoms with Gasteiger partial charge in [-0.25, -0.2) is 5.43 Å². The summed E-state index contributed by atoms with van der Waals surface area (Å²) >= 11 is 0. The molecule has 0 aliphatic carbocycles. The third-order valence-corrected chi connectivity index (χ3v) is 3.43. The van der Waals surface area contributed by atoms with Gasteiger partial charge in [0.25, 0.3) is 5.69 Å². The van der Waals surface area contributed by atoms with Crippen LogP contribution >= 0.6 is 0 Å². The Balaban J connectivity index is 1.92. The standard InChI is InChI=1S/C18H19N3O4/c1-3-25-16-8-6-14(7-9-16)11-18(22)20-19-12-15-5-4-13(2)17(10-15)21(23)24/h4-10,12H,3,11H2,1-2H3,(H,20,22)/b19-12+. The predicted octanol–water partition coefficient (Wildman–Crippen LogP) is 2.99. The number of hydrazone groups is 1. The first kappa shape index (κ1) is 18.1. The van der Waals surface area contributed by atoms with Crippen molar-refractivity contribution in [3.05, 3.63) is 69.3 Å². The molecule has 0 atom stereocenters. The van der Waals surface area contributed by atoms with E-state index in [-0.39, 0.29) is 18.0 Å². The van der Waals surface area contributed by atoms with Crippen LogP contribution in [0.2, 0.25) is 0 Å². The second-order valence-corrected chi connectivity index (χ2v) is 5.35. The first-order valence-electron chi connectivity index (χ1n) is 7.78. The van der Waals surface area contributed by atoms with Crippen molar-refractivity contribution >= 4 is 17.8 Å². The molecule has 0 bridgehead atoms. The van der Waals surface area contributed by atoms with Gasteiger partial charge in [-0.3, -0.25) is 14.9 Å². The molecule has 2 aromatic rings. The van der Waals surface area contributed by atoms with E-state index in [4.69, 9.17) is 4.74 Å². The van der Waals surface area contributed by atoms with E-state index in [0.717, 1.165) is 11.3 Å². The number of rotatable bonds is 7. The van der Waals surface area contributed by atoms with Crippen molar-refractivity contribution in [2.75, 3.05) is 6.61 Å². The minimum atomic E-state index is -0.447. The van der Waals surface area contributed by atoms with E-state index in [1.165, 1.54) is 12.3 Å². The van der Waals surface area contributed by atoms with Gasteiger partial charge in [-0.2, -0.15) is 5.10 Å². The molecule has 7 nitrogen and oxygen atoms in total. The minimum Gasteiger partial charge on any atom is -0.494 e. The Bertz CT molecular complexity index is 785. The zero-order valence-electron chi connectivity index (χ0n) is 14.1. The van der Waals surface area contributed by atoms with Crippen molar-refractivity contribution < 1.29 is 14.5 Å². The van der Waals surface area contributed by atoms with E-state index in [1.807, 2.05) is 19.1 Å². The van der Waals surface area contributed by atoms with Crippen LogP contribution in [0, 0.1) is 17.0 Å². The summed E-state index contributed by atoms with van der Waals surface area (Å²) in [7, 11) is 0. The molecule has 7 heteroatoms. The molecule has 0 aromatic heterocycles. The summed E-state index contributed by atoms with van der Waals surface area (Å²) in [6, 6.07) is 12.0. The molecule has 0 unspecified atom stereocenters. The number of nitrogens with one attached hydrogen (secondary N) is 1. The SMILES string of the molecule is CCOc1ccc(CC(=O)N/N=C/c2ccc(C)c([N+](=O)[O-])c2)cc1. The van der Waals surface area contributed by atoms with Crippen molar-refractivity contribution in [1.82, 2.24) is 5.43 Å². The molecule has 0 saturated heterocycles. The molecule has 1 amide bonds. The van der Waals surface area contributed by atoms with Crippen molar-refractivity contribution in [3.63, 3.8) is 0 Å². The van der Waals surface area contributed by atoms with E-state index in [9.17, 15) is 14.9 Å². The maximum atomic E-state index is 11.9. The Morgan fingerprint density at radius 1 is 1.28 bits per heavy atom. The minimum absolute atomic E-state index is 0.0182. The normalized spacial score (nSPS) is 10.6. The van der Waals surface area contributed by atoms with Gasteiger partial charge in [-0.05, 0) is 31.5 Å². The fourth-order valence-electron chi connectivity index (χ4n) is 2.18. The highest BCUT2D eigenvalue weighted by molar-refractivity contribution is 5.84. The van der Waals surface area contributed by atoms with Crippen LogP contribution in [0.25, 0.3) is 0 Å². The molecule has 0 aliphatic heterocycles. The summed E-state index contributed by atoms with van der Waals surface area (Å²) in [5, 5.41) is 14.7. The van der Waals surface area contributed by atoms with Crippen LogP contribution in [-0.4, -0.2) is 23.7 Å². The molecular weight excluding hydrogens is 322 g/mol. The summed E-state index contributed by atoms with van der Waals surface area (Å²) in [4.78, 5) is 22.3. The number of nitro benzene ring substituents is 1. The number of hydrogen-bond acceptors (Lipinski definition) is 5. The quantitative estimate of drug-likeness (QED) is 0.476. The molecule has 0 heterocycles. The van der Waals surface area contributed by atoms with Crippen molar-refractivity contribution in [2.45, 2.75) is 20.3 Å². The molecular formula is C18H19N3O4. The zero-order chi connectivity index (χ0) is 18.2. The largest absolute Gasteiger partial charge is 0.494 e. The fraction of sp³-hybridized carbons (Fsp3) is 0.222. The zero-order valence-corrected chi connectivity index (χ0v) is 14.1. The number of amides is 1. The summed E-state index contributed by atoms with van der Waals surface area (Å²) < 4.78 is 5.34. The Labute approximate surface area is 145 Å². The van der Waals surface area contributed by atoms with Crippen LogP contribution in [-0.2, 0) is 11.2 Å². The van der Waals surface area contributed by atoms with E-state index >= 15 is 0 Å². The van der Waals surface area contributed by atoms with E-state index in [0.29, 0.717) is 17.7 Å². The number of ether oxygens (including phenoxy) is 1. The van der Waals surface area contributed by atoms with Crippen molar-refractivity contribution in [1.29, 1.82) is 0 Å². The average Bonchev–Trinajstić information content (AvgIpc) is 2.58. The predicted molar refractivity (Wildman–Crippen MR) is 94.9 cm³/mol. The topological polar surface area (TPSA) is 93.8 Å². The summed E-state index contributed by atoms with van der Waals surface area (Å²) in [5.74, 6) is 0.479. The molecule has 1 N–H and O–H groups in total. The maximum absolute atomic E-state index is 11.9. The average molecular weight is 341 g/mol. The Morgan fingerprint density at radius 3 is 2.64 bits per heavy atom. The van der Waals surface area contributed by atoms with Gasteiger partial charge in [0.1, 0.15) is 5.75 Å². The molecule has 0 spiro atoms. The van der Waals surface area contributed by atoms with Crippen LogP contribution in [0.15, 0.2) is 47.6 Å². The second kappa shape index (κ2) is 8.58. The van der Waals surface area contributed by atoms with Gasteiger partial charge in [0.15, 0.2) is 0 Å². The highest BCUT2D eigenvalue weighted by Crippen LogP contribution is 2.18. The smallest absolute Gasteiger partial charge is 0.272 e. The number of benzene rings is 2. The molecule has 25 heavy (non-hydrogen) atoms. The Kier molecular flexibility index (Phi) is 6.22. The van der Waals surface area contributed by atoms with Gasteiger partial charge in [0, 0.05) is 17.2 Å². The van der Waals surface area contributed by atoms with Gasteiger partial charge in [0.2, 0.25) is 5.91 Å². The lowest BCUT2D eigenvalue weighted by atomic mass is 10.1. The van der Waals surface area contributed by atoms with Crippen molar-refractivity contribution in [3.8, 4) is 5.75 Å². The third kappa shape index (κ3) is 5.42. The first-order chi connectivity index (χ1) is 12.0. The molecule has 0 saturated carbocycles. The lowest BCUT2D eigenvalue weighted by Crippen LogP contribution is -2.19. The fourth-order valence-corrected chi connectivity index (χ4v) is 2.18. The third-order valence-electron chi connectivity index (χ3n) is 3.43. The number of carbonyl (C=O) groups is 1. The molecule has 2 aromatic carbocycles. The van der Waals surface area contributed by atoms with Crippen LogP contribution < -0.4 is 10.2 Å². The van der Waals surface area contributed by atoms with Crippen LogP contribution in [0.3, 0.4) is 0 Å². The Hall–Kier alpha value is -3.22. The second-order valence-electron chi connectivity index (χ2n) is 5.35. The number of aryl methyl sites for hydroxylation is 1. The van der Waals surface area contributed by atoms with Gasteiger partial charge < -0.3 is 4.74 Å². The molecule has 0 aliphatic rings. The summed E-state index contributed by atoms with van der Waals surface area (Å²) in [6.07, 6.45) is 1.56. The summed E-state index contributed by atoms with van der Waals surface area (Å²) in [5.41, 5.74) is 4.38. The van der Waals surface area contributed by atoms with E-state index in [2.05, 4.69) is 10.5 Å². The van der Waals surface area contributed by atoms with Gasteiger partial charge >= 0.3 is 0 Å². The molecule has 2 rings (SSSR count). The molecule has 130 valence electrons. The van der Waals surface area contributed by atoms with Crippen LogP contribution in [0.4, 0.5) is 5.69 Å². The molecule has 0 fully saturated rings. The van der Waals surface area contributed by atoms with Gasteiger partial charge in [-0.1, -0.05) is 24.3 Å². The first-order valence-corrected chi connectivity index (χ1v) is 7.78. The molecule has 0 radical (unpaired) electrons. The number of carbonyl (C=O) groups excluding carboxylic acids is 1. The van der Waals surface area contributed by atoms with E-state index < -0.39 is 4.92 Å². The van der Waals surface area contributed by atoms with Gasteiger partial charge in [-0.15, -0.1) is 0 Å². The van der Waals surface area contributed by atoms with Crippen molar-refractivity contribution in [2.24, 2.45) is 5.10 Å². The monoisotopic (exact) mass is 341 g/mol. The number of nitrogens with zero attached hydrogens (tertiary/aromatic N) is 2. The summed E-state index contributed by atoms with van der Waals surface area (Å²) in [6.45, 7) is 4.16. The van der Waals surface area contributed by atoms with Crippen LogP contribution in [0.1, 0.15) is 23.6 Å². The highest BCUT2D eigenvalue weighted by atomic mass is 16.6. The van der Waals surface area contributed by atoms with Crippen LogP contribution in [0.5, 0.6) is 5.75 Å².